The summed E-state index contributed by atoms with van der Waals surface area (Å²) >= 11 is 0. The summed E-state index contributed by atoms with van der Waals surface area (Å²) in [6.45, 7) is 1.51. The SMILES string of the molecule is CNC(C(N)CC(=O)O)C1CCOCC1. The van der Waals surface area contributed by atoms with Gasteiger partial charge in [0, 0.05) is 25.3 Å². The summed E-state index contributed by atoms with van der Waals surface area (Å²) < 4.78 is 5.27. The van der Waals surface area contributed by atoms with Crippen LogP contribution in [0.3, 0.4) is 0 Å². The predicted molar refractivity (Wildman–Crippen MR) is 56.6 cm³/mol. The van der Waals surface area contributed by atoms with Gasteiger partial charge in [-0.1, -0.05) is 0 Å². The molecule has 0 aromatic heterocycles. The van der Waals surface area contributed by atoms with Crippen molar-refractivity contribution in [3.8, 4) is 0 Å². The van der Waals surface area contributed by atoms with Crippen molar-refractivity contribution in [1.29, 1.82) is 0 Å². The molecule has 2 unspecified atom stereocenters. The number of rotatable bonds is 5. The van der Waals surface area contributed by atoms with E-state index >= 15 is 0 Å². The first kappa shape index (κ1) is 12.4. The van der Waals surface area contributed by atoms with Gasteiger partial charge in [-0.3, -0.25) is 4.79 Å². The Morgan fingerprint density at radius 3 is 2.67 bits per heavy atom. The Bertz CT molecular complexity index is 205. The Morgan fingerprint density at radius 1 is 1.60 bits per heavy atom. The van der Waals surface area contributed by atoms with Crippen LogP contribution < -0.4 is 11.1 Å². The third-order valence-corrected chi connectivity index (χ3v) is 2.98. The lowest BCUT2D eigenvalue weighted by Crippen LogP contribution is -2.50. The molecule has 0 spiro atoms. The van der Waals surface area contributed by atoms with Crippen LogP contribution in [0.15, 0.2) is 0 Å². The molecule has 0 radical (unpaired) electrons. The quantitative estimate of drug-likeness (QED) is 0.593. The van der Waals surface area contributed by atoms with Crippen LogP contribution in [-0.4, -0.2) is 43.4 Å². The van der Waals surface area contributed by atoms with Gasteiger partial charge in [0.15, 0.2) is 0 Å². The Kier molecular flexibility index (Phi) is 5.01. The molecule has 0 aromatic carbocycles. The fourth-order valence-corrected chi connectivity index (χ4v) is 2.20. The van der Waals surface area contributed by atoms with Gasteiger partial charge in [-0.05, 0) is 25.8 Å². The van der Waals surface area contributed by atoms with Gasteiger partial charge in [0.2, 0.25) is 0 Å². The van der Waals surface area contributed by atoms with Crippen molar-refractivity contribution in [2.75, 3.05) is 20.3 Å². The molecule has 88 valence electrons. The summed E-state index contributed by atoms with van der Waals surface area (Å²) in [5.74, 6) is -0.409. The van der Waals surface area contributed by atoms with E-state index in [9.17, 15) is 4.79 Å². The summed E-state index contributed by atoms with van der Waals surface area (Å²) in [5.41, 5.74) is 5.88. The predicted octanol–water partition coefficient (Wildman–Crippen LogP) is -0.197. The number of carboxylic acids is 1. The summed E-state index contributed by atoms with van der Waals surface area (Å²) in [5, 5.41) is 11.8. The van der Waals surface area contributed by atoms with Crippen molar-refractivity contribution in [2.24, 2.45) is 11.7 Å². The van der Waals surface area contributed by atoms with Gasteiger partial charge < -0.3 is 20.9 Å². The van der Waals surface area contributed by atoms with Crippen LogP contribution in [0.5, 0.6) is 0 Å². The van der Waals surface area contributed by atoms with Gasteiger partial charge in [-0.25, -0.2) is 0 Å². The molecule has 5 nitrogen and oxygen atoms in total. The number of aliphatic carboxylic acids is 1. The highest BCUT2D eigenvalue weighted by molar-refractivity contribution is 5.67. The molecule has 1 aliphatic heterocycles. The van der Waals surface area contributed by atoms with Crippen molar-refractivity contribution >= 4 is 5.97 Å². The lowest BCUT2D eigenvalue weighted by molar-refractivity contribution is -0.137. The van der Waals surface area contributed by atoms with Crippen LogP contribution in [0.2, 0.25) is 0 Å². The van der Waals surface area contributed by atoms with Crippen LogP contribution in [0.4, 0.5) is 0 Å². The third kappa shape index (κ3) is 3.77. The molecule has 1 heterocycles. The number of hydrogen-bond donors (Lipinski definition) is 3. The molecule has 1 saturated heterocycles. The minimum absolute atomic E-state index is 0.0167. The zero-order chi connectivity index (χ0) is 11.3. The molecule has 0 bridgehead atoms. The monoisotopic (exact) mass is 216 g/mol. The fourth-order valence-electron chi connectivity index (χ4n) is 2.20. The number of nitrogens with one attached hydrogen (secondary N) is 1. The van der Waals surface area contributed by atoms with Crippen molar-refractivity contribution < 1.29 is 14.6 Å². The molecule has 0 saturated carbocycles. The van der Waals surface area contributed by atoms with Gasteiger partial charge in [-0.2, -0.15) is 0 Å². The van der Waals surface area contributed by atoms with Crippen molar-refractivity contribution in [1.82, 2.24) is 5.32 Å². The summed E-state index contributed by atoms with van der Waals surface area (Å²) in [6.07, 6.45) is 1.93. The summed E-state index contributed by atoms with van der Waals surface area (Å²) in [4.78, 5) is 10.6. The van der Waals surface area contributed by atoms with Gasteiger partial charge in [-0.15, -0.1) is 0 Å². The second-order valence-electron chi connectivity index (χ2n) is 4.03. The molecule has 0 amide bonds. The molecular weight excluding hydrogens is 196 g/mol. The van der Waals surface area contributed by atoms with E-state index in [4.69, 9.17) is 15.6 Å². The molecule has 0 aliphatic carbocycles. The first-order valence-electron chi connectivity index (χ1n) is 5.37. The molecule has 5 heteroatoms. The van der Waals surface area contributed by atoms with E-state index in [0.717, 1.165) is 26.1 Å². The van der Waals surface area contributed by atoms with E-state index in [1.54, 1.807) is 0 Å². The van der Waals surface area contributed by atoms with Gasteiger partial charge in [0.1, 0.15) is 0 Å². The second kappa shape index (κ2) is 6.05. The molecular formula is C10H20N2O3. The number of hydrogen-bond acceptors (Lipinski definition) is 4. The topological polar surface area (TPSA) is 84.6 Å². The van der Waals surface area contributed by atoms with Crippen LogP contribution in [0.25, 0.3) is 0 Å². The molecule has 1 aliphatic rings. The Labute approximate surface area is 90.0 Å². The number of carbonyl (C=O) groups is 1. The second-order valence-corrected chi connectivity index (χ2v) is 4.03. The van der Waals surface area contributed by atoms with Crippen molar-refractivity contribution in [2.45, 2.75) is 31.3 Å². The van der Waals surface area contributed by atoms with Crippen LogP contribution >= 0.6 is 0 Å². The van der Waals surface area contributed by atoms with Gasteiger partial charge in [0.25, 0.3) is 0 Å². The van der Waals surface area contributed by atoms with E-state index in [-0.39, 0.29) is 18.5 Å². The minimum Gasteiger partial charge on any atom is -0.481 e. The average molecular weight is 216 g/mol. The molecule has 0 aromatic rings. The van der Waals surface area contributed by atoms with E-state index in [2.05, 4.69) is 5.32 Å². The first-order valence-corrected chi connectivity index (χ1v) is 5.37. The number of carboxylic acid groups (broad SMARTS) is 1. The van der Waals surface area contributed by atoms with E-state index < -0.39 is 5.97 Å². The highest BCUT2D eigenvalue weighted by atomic mass is 16.5. The van der Waals surface area contributed by atoms with Crippen molar-refractivity contribution in [3.63, 3.8) is 0 Å². The minimum atomic E-state index is -0.838. The van der Waals surface area contributed by atoms with Gasteiger partial charge in [0.05, 0.1) is 6.42 Å². The Hall–Kier alpha value is -0.650. The van der Waals surface area contributed by atoms with Crippen LogP contribution in [0, 0.1) is 5.92 Å². The maximum atomic E-state index is 10.6. The summed E-state index contributed by atoms with van der Waals surface area (Å²) in [6, 6.07) is -0.249. The highest BCUT2D eigenvalue weighted by Gasteiger charge is 2.28. The number of likely N-dealkylation sites (N-methyl/N-ethyl adjacent to an activating group) is 1. The molecule has 1 fully saturated rings. The number of ether oxygens (including phenoxy) is 1. The standard InChI is InChI=1S/C10H20N2O3/c1-12-10(8(11)6-9(13)14)7-2-4-15-5-3-7/h7-8,10,12H,2-6,11H2,1H3,(H,13,14). The molecule has 1 rings (SSSR count). The van der Waals surface area contributed by atoms with Crippen LogP contribution in [-0.2, 0) is 9.53 Å². The lowest BCUT2D eigenvalue weighted by atomic mass is 9.86. The normalized spacial score (nSPS) is 22.3. The van der Waals surface area contributed by atoms with E-state index in [0.29, 0.717) is 5.92 Å². The van der Waals surface area contributed by atoms with Gasteiger partial charge >= 0.3 is 5.97 Å². The molecule has 4 N–H and O–H groups in total. The zero-order valence-corrected chi connectivity index (χ0v) is 9.11. The summed E-state index contributed by atoms with van der Waals surface area (Å²) in [7, 11) is 1.84. The third-order valence-electron chi connectivity index (χ3n) is 2.98. The maximum Gasteiger partial charge on any atom is 0.304 e. The molecule has 2 atom stereocenters. The van der Waals surface area contributed by atoms with Crippen LogP contribution in [0.1, 0.15) is 19.3 Å². The van der Waals surface area contributed by atoms with Crippen molar-refractivity contribution in [3.05, 3.63) is 0 Å². The lowest BCUT2D eigenvalue weighted by Gasteiger charge is -2.33. The van der Waals surface area contributed by atoms with E-state index in [1.807, 2.05) is 7.05 Å². The van der Waals surface area contributed by atoms with E-state index in [1.165, 1.54) is 0 Å². The Balaban J connectivity index is 2.48. The number of nitrogens with two attached hydrogens (primary N) is 1. The highest BCUT2D eigenvalue weighted by Crippen LogP contribution is 2.21. The Morgan fingerprint density at radius 2 is 2.20 bits per heavy atom. The largest absolute Gasteiger partial charge is 0.481 e. The smallest absolute Gasteiger partial charge is 0.304 e. The zero-order valence-electron chi connectivity index (χ0n) is 9.11. The average Bonchev–Trinajstić information content (AvgIpc) is 2.19. The fraction of sp³-hybridized carbons (Fsp3) is 0.900. The maximum absolute atomic E-state index is 10.6. The first-order chi connectivity index (χ1) is 7.15. The molecule has 15 heavy (non-hydrogen) atoms.